The fourth-order valence-electron chi connectivity index (χ4n) is 1.57. The third kappa shape index (κ3) is 1.20. The van der Waals surface area contributed by atoms with Gasteiger partial charge in [-0.1, -0.05) is 0 Å². The van der Waals surface area contributed by atoms with Gasteiger partial charge >= 0.3 is 0 Å². The van der Waals surface area contributed by atoms with Crippen molar-refractivity contribution in [3.05, 3.63) is 24.0 Å². The van der Waals surface area contributed by atoms with Crippen LogP contribution in [-0.2, 0) is 17.8 Å². The molecular weight excluding hydrogens is 138 g/mol. The van der Waals surface area contributed by atoms with E-state index in [0.717, 1.165) is 19.4 Å². The molecule has 1 aromatic rings. The molecule has 0 bridgehead atoms. The normalized spacial score (nSPS) is 17.6. The highest BCUT2D eigenvalue weighted by Crippen LogP contribution is 2.11. The van der Waals surface area contributed by atoms with E-state index in [4.69, 9.17) is 0 Å². The molecule has 0 aliphatic carbocycles. The third-order valence-corrected chi connectivity index (χ3v) is 2.16. The molecule has 1 aromatic heterocycles. The predicted octanol–water partition coefficient (Wildman–Crippen LogP) is 1.39. The molecule has 58 valence electrons. The summed E-state index contributed by atoms with van der Waals surface area (Å²) in [5.41, 5.74) is 1.17. The number of carbonyl (C=O) groups excluding carboxylic acids is 1. The summed E-state index contributed by atoms with van der Waals surface area (Å²) in [7, 11) is 0. The summed E-state index contributed by atoms with van der Waals surface area (Å²) in [6.07, 6.45) is 4.43. The van der Waals surface area contributed by atoms with Gasteiger partial charge in [0.25, 0.3) is 0 Å². The SMILES string of the molecule is O=C1CCCn2cccc2C1. The second kappa shape index (κ2) is 2.53. The molecule has 1 aliphatic heterocycles. The summed E-state index contributed by atoms with van der Waals surface area (Å²) in [5, 5.41) is 0. The van der Waals surface area contributed by atoms with Crippen LogP contribution in [0.25, 0.3) is 0 Å². The van der Waals surface area contributed by atoms with Crippen LogP contribution in [0.3, 0.4) is 0 Å². The monoisotopic (exact) mass is 149 g/mol. The van der Waals surface area contributed by atoms with E-state index < -0.39 is 0 Å². The molecule has 0 saturated carbocycles. The molecule has 11 heavy (non-hydrogen) atoms. The Kier molecular flexibility index (Phi) is 1.53. The lowest BCUT2D eigenvalue weighted by Gasteiger charge is -2.00. The summed E-state index contributed by atoms with van der Waals surface area (Å²) < 4.78 is 2.17. The van der Waals surface area contributed by atoms with Crippen molar-refractivity contribution in [3.8, 4) is 0 Å². The zero-order valence-corrected chi connectivity index (χ0v) is 6.42. The zero-order chi connectivity index (χ0) is 7.68. The number of fused-ring (bicyclic) bond motifs is 1. The quantitative estimate of drug-likeness (QED) is 0.546. The van der Waals surface area contributed by atoms with Crippen LogP contribution < -0.4 is 0 Å². The number of carbonyl (C=O) groups is 1. The maximum Gasteiger partial charge on any atom is 0.138 e. The highest BCUT2D eigenvalue weighted by molar-refractivity contribution is 5.80. The molecular formula is C9H11NO. The highest BCUT2D eigenvalue weighted by atomic mass is 16.1. The van der Waals surface area contributed by atoms with Crippen LogP contribution in [0.1, 0.15) is 18.5 Å². The van der Waals surface area contributed by atoms with Crippen molar-refractivity contribution in [2.45, 2.75) is 25.8 Å². The molecule has 2 heteroatoms. The third-order valence-electron chi connectivity index (χ3n) is 2.16. The average Bonchev–Trinajstić information content (AvgIpc) is 2.31. The van der Waals surface area contributed by atoms with E-state index in [1.807, 2.05) is 18.3 Å². The number of hydrogen-bond acceptors (Lipinski definition) is 1. The first-order valence-corrected chi connectivity index (χ1v) is 4.02. The van der Waals surface area contributed by atoms with Gasteiger partial charge in [0.1, 0.15) is 5.78 Å². The molecule has 2 rings (SSSR count). The Bertz CT molecular complexity index is 275. The number of aromatic nitrogens is 1. The molecule has 2 nitrogen and oxygen atoms in total. The zero-order valence-electron chi connectivity index (χ0n) is 6.42. The molecule has 0 radical (unpaired) electrons. The summed E-state index contributed by atoms with van der Waals surface area (Å²) in [4.78, 5) is 11.1. The summed E-state index contributed by atoms with van der Waals surface area (Å²) in [6, 6.07) is 4.04. The standard InChI is InChI=1S/C9H11NO/c11-9-4-2-6-10-5-1-3-8(10)7-9/h1,3,5H,2,4,6-7H2. The minimum atomic E-state index is 0.377. The first-order chi connectivity index (χ1) is 5.36. The smallest absolute Gasteiger partial charge is 0.138 e. The van der Waals surface area contributed by atoms with E-state index in [-0.39, 0.29) is 0 Å². The van der Waals surface area contributed by atoms with Crippen LogP contribution in [0.4, 0.5) is 0 Å². The van der Waals surface area contributed by atoms with Crippen LogP contribution >= 0.6 is 0 Å². The van der Waals surface area contributed by atoms with Gasteiger partial charge in [0.15, 0.2) is 0 Å². The maximum atomic E-state index is 11.1. The van der Waals surface area contributed by atoms with E-state index in [2.05, 4.69) is 4.57 Å². The summed E-state index contributed by atoms with van der Waals surface area (Å²) in [5.74, 6) is 0.377. The topological polar surface area (TPSA) is 22.0 Å². The van der Waals surface area contributed by atoms with Crippen LogP contribution in [0, 0.1) is 0 Å². The number of nitrogens with zero attached hydrogens (tertiary/aromatic N) is 1. The van der Waals surface area contributed by atoms with E-state index in [1.165, 1.54) is 5.69 Å². The summed E-state index contributed by atoms with van der Waals surface area (Å²) >= 11 is 0. The fourth-order valence-corrected chi connectivity index (χ4v) is 1.57. The Morgan fingerprint density at radius 2 is 2.36 bits per heavy atom. The number of rotatable bonds is 0. The van der Waals surface area contributed by atoms with Crippen molar-refractivity contribution in [1.29, 1.82) is 0 Å². The molecule has 0 saturated heterocycles. The molecule has 0 amide bonds. The number of ketones is 1. The first-order valence-electron chi connectivity index (χ1n) is 4.02. The highest BCUT2D eigenvalue weighted by Gasteiger charge is 2.11. The molecule has 1 aliphatic rings. The molecule has 2 heterocycles. The van der Waals surface area contributed by atoms with Crippen molar-refractivity contribution >= 4 is 5.78 Å². The van der Waals surface area contributed by atoms with Gasteiger partial charge in [0.05, 0.1) is 0 Å². The maximum absolute atomic E-state index is 11.1. The van der Waals surface area contributed by atoms with Crippen LogP contribution in [-0.4, -0.2) is 10.4 Å². The van der Waals surface area contributed by atoms with Crippen LogP contribution in [0.5, 0.6) is 0 Å². The summed E-state index contributed by atoms with van der Waals surface area (Å²) in [6.45, 7) is 1.01. The van der Waals surface area contributed by atoms with Gasteiger partial charge < -0.3 is 4.57 Å². The second-order valence-corrected chi connectivity index (χ2v) is 3.01. The van der Waals surface area contributed by atoms with Crippen LogP contribution in [0.2, 0.25) is 0 Å². The van der Waals surface area contributed by atoms with Gasteiger partial charge in [-0.25, -0.2) is 0 Å². The van der Waals surface area contributed by atoms with Gasteiger partial charge in [-0.15, -0.1) is 0 Å². The second-order valence-electron chi connectivity index (χ2n) is 3.01. The van der Waals surface area contributed by atoms with Crippen molar-refractivity contribution < 1.29 is 4.79 Å². The van der Waals surface area contributed by atoms with Crippen molar-refractivity contribution in [2.75, 3.05) is 0 Å². The van der Waals surface area contributed by atoms with E-state index in [0.29, 0.717) is 12.2 Å². The lowest BCUT2D eigenvalue weighted by atomic mass is 10.1. The van der Waals surface area contributed by atoms with Gasteiger partial charge in [0.2, 0.25) is 0 Å². The van der Waals surface area contributed by atoms with Gasteiger partial charge in [-0.2, -0.15) is 0 Å². The van der Waals surface area contributed by atoms with E-state index in [9.17, 15) is 4.79 Å². The minimum absolute atomic E-state index is 0.377. The molecule has 0 aromatic carbocycles. The Morgan fingerprint density at radius 1 is 1.45 bits per heavy atom. The van der Waals surface area contributed by atoms with Gasteiger partial charge in [-0.3, -0.25) is 4.79 Å². The molecule has 0 unspecified atom stereocenters. The lowest BCUT2D eigenvalue weighted by Crippen LogP contribution is -2.00. The predicted molar refractivity (Wildman–Crippen MR) is 42.4 cm³/mol. The molecule has 0 N–H and O–H groups in total. The molecule has 0 spiro atoms. The van der Waals surface area contributed by atoms with Crippen molar-refractivity contribution in [3.63, 3.8) is 0 Å². The fraction of sp³-hybridized carbons (Fsp3) is 0.444. The van der Waals surface area contributed by atoms with Gasteiger partial charge in [-0.05, 0) is 18.6 Å². The Morgan fingerprint density at radius 3 is 3.27 bits per heavy atom. The largest absolute Gasteiger partial charge is 0.351 e. The first kappa shape index (κ1) is 6.65. The lowest BCUT2D eigenvalue weighted by molar-refractivity contribution is -0.118. The molecule has 0 fully saturated rings. The minimum Gasteiger partial charge on any atom is -0.351 e. The Labute approximate surface area is 65.8 Å². The number of aryl methyl sites for hydroxylation is 1. The van der Waals surface area contributed by atoms with Crippen LogP contribution in [0.15, 0.2) is 18.3 Å². The number of hydrogen-bond donors (Lipinski definition) is 0. The van der Waals surface area contributed by atoms with E-state index >= 15 is 0 Å². The van der Waals surface area contributed by atoms with E-state index in [1.54, 1.807) is 0 Å². The Hall–Kier alpha value is -1.05. The van der Waals surface area contributed by atoms with Crippen molar-refractivity contribution in [1.82, 2.24) is 4.57 Å². The molecule has 0 atom stereocenters. The number of Topliss-reactive ketones (excluding diaryl/α,β-unsaturated/α-hetero) is 1. The Balaban J connectivity index is 2.32. The average molecular weight is 149 g/mol. The van der Waals surface area contributed by atoms with Gasteiger partial charge in [0, 0.05) is 31.3 Å². The van der Waals surface area contributed by atoms with Crippen molar-refractivity contribution in [2.24, 2.45) is 0 Å².